The standard InChI is InChI=1S/C45H70O16/c1-21-9-14-45(40(54)55)16-15-43(5)22(23(45)17-21)7-8-28-42(4)12-11-29(41(2,3)27(42)10-13-44(28,43)6)59-39-36(61-37-33(52)30(49)24(47)19-56-37)35(25(48)20-57-39)60-38-34(53)32(51)31(50)26(18-46)58-38/h7,23-39,46-53H,1,8-20H2,2-6H3,(H,54,55). The fraction of sp³-hybridized carbons (Fsp3) is 0.889. The van der Waals surface area contributed by atoms with Gasteiger partial charge < -0.3 is 74.4 Å². The van der Waals surface area contributed by atoms with E-state index in [0.717, 1.165) is 50.5 Å². The molecular weight excluding hydrogens is 796 g/mol. The van der Waals surface area contributed by atoms with Crippen molar-refractivity contribution in [2.75, 3.05) is 19.8 Å². The van der Waals surface area contributed by atoms with Crippen LogP contribution in [0.5, 0.6) is 0 Å². The van der Waals surface area contributed by atoms with E-state index in [9.17, 15) is 50.8 Å². The Hall–Kier alpha value is -1.61. The van der Waals surface area contributed by atoms with Gasteiger partial charge in [-0.25, -0.2) is 0 Å². The molecule has 21 atom stereocenters. The maximum absolute atomic E-state index is 13.0. The van der Waals surface area contributed by atoms with Crippen molar-refractivity contribution in [3.63, 3.8) is 0 Å². The zero-order chi connectivity index (χ0) is 44.2. The van der Waals surface area contributed by atoms with Gasteiger partial charge in [0.1, 0.15) is 61.0 Å². The van der Waals surface area contributed by atoms with E-state index in [1.807, 2.05) is 0 Å². The largest absolute Gasteiger partial charge is 0.481 e. The lowest BCUT2D eigenvalue weighted by Crippen LogP contribution is -2.66. The topological polar surface area (TPSA) is 255 Å². The molecule has 9 N–H and O–H groups in total. The number of carboxylic acid groups (broad SMARTS) is 1. The van der Waals surface area contributed by atoms with Crippen LogP contribution in [0.15, 0.2) is 23.8 Å². The molecule has 21 unspecified atom stereocenters. The summed E-state index contributed by atoms with van der Waals surface area (Å²) in [6.07, 6.45) is -9.95. The molecule has 8 aliphatic rings. The Morgan fingerprint density at radius 2 is 1.43 bits per heavy atom. The Morgan fingerprint density at radius 3 is 2.13 bits per heavy atom. The average molecular weight is 867 g/mol. The first kappa shape index (κ1) is 45.9. The van der Waals surface area contributed by atoms with E-state index in [1.165, 1.54) is 5.57 Å². The summed E-state index contributed by atoms with van der Waals surface area (Å²) in [6, 6.07) is 0. The minimum Gasteiger partial charge on any atom is -0.481 e. The van der Waals surface area contributed by atoms with Gasteiger partial charge in [0.05, 0.1) is 31.3 Å². The number of allylic oxidation sites excluding steroid dienone is 3. The molecule has 0 aromatic rings. The monoisotopic (exact) mass is 866 g/mol. The van der Waals surface area contributed by atoms with E-state index in [4.69, 9.17) is 28.4 Å². The van der Waals surface area contributed by atoms with E-state index in [0.29, 0.717) is 25.2 Å². The number of fused-ring (bicyclic) bond motifs is 7. The van der Waals surface area contributed by atoms with Crippen molar-refractivity contribution in [2.24, 2.45) is 44.8 Å². The van der Waals surface area contributed by atoms with Gasteiger partial charge in [-0.15, -0.1) is 0 Å². The Labute approximate surface area is 357 Å². The first-order valence-electron chi connectivity index (χ1n) is 22.5. The molecule has 0 aromatic heterocycles. The first-order valence-corrected chi connectivity index (χ1v) is 22.5. The number of carbonyl (C=O) groups is 1. The number of aliphatic carboxylic acids is 1. The molecule has 16 nitrogen and oxygen atoms in total. The summed E-state index contributed by atoms with van der Waals surface area (Å²) in [4.78, 5) is 13.0. The van der Waals surface area contributed by atoms with Crippen molar-refractivity contribution in [1.82, 2.24) is 0 Å². The van der Waals surface area contributed by atoms with Crippen LogP contribution in [0.4, 0.5) is 0 Å². The minimum atomic E-state index is -1.79. The van der Waals surface area contributed by atoms with Crippen molar-refractivity contribution in [3.8, 4) is 0 Å². The molecular formula is C45H70O16. The molecule has 3 heterocycles. The lowest BCUT2D eigenvalue weighted by atomic mass is 9.34. The number of ether oxygens (including phenoxy) is 6. The minimum absolute atomic E-state index is 0.0416. The van der Waals surface area contributed by atoms with E-state index in [-0.39, 0.29) is 41.3 Å². The summed E-state index contributed by atoms with van der Waals surface area (Å²) < 4.78 is 36.7. The van der Waals surface area contributed by atoms with Crippen molar-refractivity contribution in [2.45, 2.75) is 185 Å². The Bertz CT molecular complexity index is 1690. The predicted octanol–water partition coefficient (Wildman–Crippen LogP) is 1.51. The number of aliphatic hydroxyl groups excluding tert-OH is 8. The van der Waals surface area contributed by atoms with E-state index in [1.54, 1.807) is 0 Å². The maximum Gasteiger partial charge on any atom is 0.310 e. The van der Waals surface area contributed by atoms with Gasteiger partial charge in [0.15, 0.2) is 18.9 Å². The van der Waals surface area contributed by atoms with Crippen LogP contribution in [-0.2, 0) is 33.2 Å². The van der Waals surface area contributed by atoms with Crippen LogP contribution in [0.1, 0.15) is 98.8 Å². The van der Waals surface area contributed by atoms with Crippen LogP contribution in [0, 0.1) is 44.8 Å². The summed E-state index contributed by atoms with van der Waals surface area (Å²) in [5, 5.41) is 95.2. The zero-order valence-corrected chi connectivity index (χ0v) is 36.2. The maximum atomic E-state index is 13.0. The number of hydrogen-bond acceptors (Lipinski definition) is 15. The zero-order valence-electron chi connectivity index (χ0n) is 36.2. The van der Waals surface area contributed by atoms with Gasteiger partial charge in [-0.2, -0.15) is 0 Å². The molecule has 3 aliphatic heterocycles. The van der Waals surface area contributed by atoms with Gasteiger partial charge in [-0.05, 0) is 97.7 Å². The fourth-order valence-corrected chi connectivity index (χ4v) is 14.2. The number of aliphatic hydroxyl groups is 8. The number of rotatable bonds is 8. The fourth-order valence-electron chi connectivity index (χ4n) is 14.2. The molecule has 61 heavy (non-hydrogen) atoms. The van der Waals surface area contributed by atoms with Gasteiger partial charge >= 0.3 is 5.97 Å². The third-order valence-electron chi connectivity index (χ3n) is 18.0. The van der Waals surface area contributed by atoms with Crippen molar-refractivity contribution >= 4 is 5.97 Å². The van der Waals surface area contributed by atoms with Crippen LogP contribution >= 0.6 is 0 Å². The second-order valence-electron chi connectivity index (χ2n) is 21.2. The number of hydrogen-bond donors (Lipinski definition) is 9. The summed E-state index contributed by atoms with van der Waals surface area (Å²) in [7, 11) is 0. The van der Waals surface area contributed by atoms with Crippen LogP contribution < -0.4 is 0 Å². The highest BCUT2D eigenvalue weighted by atomic mass is 16.8. The van der Waals surface area contributed by atoms with Crippen molar-refractivity contribution < 1.29 is 79.2 Å². The van der Waals surface area contributed by atoms with Gasteiger partial charge in [-0.3, -0.25) is 4.79 Å². The van der Waals surface area contributed by atoms with Gasteiger partial charge in [0.2, 0.25) is 0 Å². The van der Waals surface area contributed by atoms with Crippen molar-refractivity contribution in [1.29, 1.82) is 0 Å². The van der Waals surface area contributed by atoms with E-state index in [2.05, 4.69) is 47.3 Å². The third-order valence-corrected chi connectivity index (χ3v) is 18.0. The normalized spacial score (nSPS) is 53.4. The lowest BCUT2D eigenvalue weighted by molar-refractivity contribution is -0.384. The van der Waals surface area contributed by atoms with Crippen LogP contribution in [0.2, 0.25) is 0 Å². The highest BCUT2D eigenvalue weighted by Gasteiger charge is 2.69. The molecule has 5 aliphatic carbocycles. The van der Waals surface area contributed by atoms with Crippen molar-refractivity contribution in [3.05, 3.63) is 23.8 Å². The second kappa shape index (κ2) is 16.4. The molecule has 7 fully saturated rings. The highest BCUT2D eigenvalue weighted by Crippen LogP contribution is 2.75. The van der Waals surface area contributed by atoms with Gasteiger partial charge in [-0.1, -0.05) is 58.4 Å². The van der Waals surface area contributed by atoms with Gasteiger partial charge in [0.25, 0.3) is 0 Å². The van der Waals surface area contributed by atoms with E-state index >= 15 is 0 Å². The quantitative estimate of drug-likeness (QED) is 0.124. The Morgan fingerprint density at radius 1 is 0.754 bits per heavy atom. The van der Waals surface area contributed by atoms with E-state index < -0.39 is 109 Å². The molecule has 0 spiro atoms. The second-order valence-corrected chi connectivity index (χ2v) is 21.2. The SMILES string of the molecule is C=C1CCC2(C(=O)O)CCC3(C)C(=CCC4C5(C)CCC(OC6OCC(O)C(OC7OC(CO)C(O)C(O)C7O)C6OC6OCC(O)C(O)C6O)C(C)(C)C5CCC43C)C2C1. The molecule has 4 saturated carbocycles. The molecule has 346 valence electrons. The molecule has 0 radical (unpaired) electrons. The lowest BCUT2D eigenvalue weighted by Gasteiger charge is -2.71. The smallest absolute Gasteiger partial charge is 0.310 e. The summed E-state index contributed by atoms with van der Waals surface area (Å²) in [5.41, 5.74) is 0.990. The van der Waals surface area contributed by atoms with Crippen LogP contribution in [0.25, 0.3) is 0 Å². The molecule has 8 rings (SSSR count). The molecule has 3 saturated heterocycles. The predicted molar refractivity (Wildman–Crippen MR) is 214 cm³/mol. The third kappa shape index (κ3) is 7.13. The summed E-state index contributed by atoms with van der Waals surface area (Å²) in [6.45, 7) is 14.7. The first-order chi connectivity index (χ1) is 28.6. The van der Waals surface area contributed by atoms with Gasteiger partial charge in [0, 0.05) is 5.92 Å². The summed E-state index contributed by atoms with van der Waals surface area (Å²) in [5.74, 6) is -0.177. The highest BCUT2D eigenvalue weighted by molar-refractivity contribution is 5.77. The van der Waals surface area contributed by atoms with Crippen LogP contribution in [-0.4, -0.2) is 158 Å². The molecule has 16 heteroatoms. The molecule has 0 amide bonds. The summed E-state index contributed by atoms with van der Waals surface area (Å²) >= 11 is 0. The van der Waals surface area contributed by atoms with Crippen LogP contribution in [0.3, 0.4) is 0 Å². The molecule has 0 bridgehead atoms. The number of carboxylic acids is 1. The Balaban J connectivity index is 1.06. The molecule has 0 aromatic carbocycles. The average Bonchev–Trinajstić information content (AvgIpc) is 3.21. The Kier molecular flexibility index (Phi) is 12.3.